The lowest BCUT2D eigenvalue weighted by Crippen LogP contribution is -2.15. The summed E-state index contributed by atoms with van der Waals surface area (Å²) in [6, 6.07) is 7.09. The summed E-state index contributed by atoms with van der Waals surface area (Å²) in [6.45, 7) is 2.29. The van der Waals surface area contributed by atoms with Crippen LogP contribution in [0.15, 0.2) is 30.4 Å². The Bertz CT molecular complexity index is 715. The van der Waals surface area contributed by atoms with E-state index in [1.54, 1.807) is 12.1 Å². The third-order valence-corrected chi connectivity index (χ3v) is 7.87. The largest absolute Gasteiger partial charge is 0.206 e. The molecule has 0 amide bonds. The van der Waals surface area contributed by atoms with Crippen molar-refractivity contribution in [2.45, 2.75) is 109 Å². The van der Waals surface area contributed by atoms with E-state index in [2.05, 4.69) is 19.1 Å². The van der Waals surface area contributed by atoms with Gasteiger partial charge in [0, 0.05) is 0 Å². The minimum atomic E-state index is -0.367. The van der Waals surface area contributed by atoms with E-state index < -0.39 is 0 Å². The quantitative estimate of drug-likeness (QED) is 0.272. The van der Waals surface area contributed by atoms with Crippen LogP contribution in [0.2, 0.25) is 0 Å². The summed E-state index contributed by atoms with van der Waals surface area (Å²) in [6.07, 6.45) is 25.3. The highest BCUT2D eigenvalue weighted by Crippen LogP contribution is 2.38. The Hall–Kier alpha value is -1.62. The van der Waals surface area contributed by atoms with Gasteiger partial charge >= 0.3 is 0 Å². The molecule has 1 nitrogen and oxygen atoms in total. The molecule has 2 aliphatic rings. The van der Waals surface area contributed by atoms with Crippen LogP contribution in [0.5, 0.6) is 0 Å². The normalized spacial score (nSPS) is 26.7. The highest BCUT2D eigenvalue weighted by atomic mass is 19.1. The number of benzene rings is 1. The summed E-state index contributed by atoms with van der Waals surface area (Å²) in [4.78, 5) is 0. The topological polar surface area (TPSA) is 23.8 Å². The molecule has 170 valence electrons. The molecular formula is C29H42FN. The molecule has 0 unspecified atom stereocenters. The number of unbranched alkanes of at least 4 members (excludes halogenated alkanes) is 5. The van der Waals surface area contributed by atoms with Gasteiger partial charge in [0.2, 0.25) is 0 Å². The highest BCUT2D eigenvalue weighted by Gasteiger charge is 2.23. The van der Waals surface area contributed by atoms with Gasteiger partial charge in [-0.15, -0.1) is 0 Å². The predicted molar refractivity (Wildman–Crippen MR) is 128 cm³/mol. The summed E-state index contributed by atoms with van der Waals surface area (Å²) in [5.41, 5.74) is 1.23. The lowest BCUT2D eigenvalue weighted by molar-refractivity contribution is 0.287. The van der Waals surface area contributed by atoms with E-state index in [1.807, 2.05) is 12.1 Å². The summed E-state index contributed by atoms with van der Waals surface area (Å²) < 4.78 is 13.9. The zero-order valence-corrected chi connectivity index (χ0v) is 19.6. The lowest BCUT2D eigenvalue weighted by Gasteiger charge is -2.29. The van der Waals surface area contributed by atoms with E-state index in [0.717, 1.165) is 30.2 Å². The van der Waals surface area contributed by atoms with Gasteiger partial charge in [-0.05, 0) is 92.7 Å². The number of halogens is 1. The predicted octanol–water partition coefficient (Wildman–Crippen LogP) is 9.08. The molecule has 0 aliphatic heterocycles. The van der Waals surface area contributed by atoms with Crippen LogP contribution in [0.4, 0.5) is 4.39 Å². The molecule has 2 heteroatoms. The van der Waals surface area contributed by atoms with Crippen molar-refractivity contribution in [3.05, 3.63) is 47.3 Å². The minimum Gasteiger partial charge on any atom is -0.206 e. The molecule has 0 bridgehead atoms. The monoisotopic (exact) mass is 423 g/mol. The Morgan fingerprint density at radius 3 is 2.10 bits per heavy atom. The Balaban J connectivity index is 1.32. The highest BCUT2D eigenvalue weighted by molar-refractivity contribution is 5.35. The van der Waals surface area contributed by atoms with Gasteiger partial charge < -0.3 is 0 Å². The molecule has 0 radical (unpaired) electrons. The maximum absolute atomic E-state index is 13.9. The van der Waals surface area contributed by atoms with Crippen molar-refractivity contribution in [2.24, 2.45) is 17.8 Å². The second-order valence-corrected chi connectivity index (χ2v) is 10.2. The first-order valence-corrected chi connectivity index (χ1v) is 13.1. The summed E-state index contributed by atoms with van der Waals surface area (Å²) in [7, 11) is 0. The third kappa shape index (κ3) is 7.78. The van der Waals surface area contributed by atoms with Gasteiger partial charge in [-0.2, -0.15) is 5.26 Å². The van der Waals surface area contributed by atoms with Crippen LogP contribution in [0.1, 0.15) is 120 Å². The van der Waals surface area contributed by atoms with Crippen LogP contribution in [0.3, 0.4) is 0 Å². The summed E-state index contributed by atoms with van der Waals surface area (Å²) >= 11 is 0. The number of hydrogen-bond donors (Lipinski definition) is 0. The average molecular weight is 424 g/mol. The zero-order chi connectivity index (χ0) is 21.9. The second kappa shape index (κ2) is 13.0. The molecule has 2 saturated carbocycles. The van der Waals surface area contributed by atoms with Crippen molar-refractivity contribution in [1.29, 1.82) is 5.26 Å². The van der Waals surface area contributed by atoms with Gasteiger partial charge in [0.05, 0.1) is 5.56 Å². The maximum Gasteiger partial charge on any atom is 0.141 e. The Kier molecular flexibility index (Phi) is 10.1. The van der Waals surface area contributed by atoms with Crippen LogP contribution in [0.25, 0.3) is 0 Å². The maximum atomic E-state index is 13.9. The lowest BCUT2D eigenvalue weighted by atomic mass is 9.76. The van der Waals surface area contributed by atoms with Gasteiger partial charge in [0.1, 0.15) is 11.9 Å². The third-order valence-electron chi connectivity index (χ3n) is 7.87. The van der Waals surface area contributed by atoms with Crippen LogP contribution in [0, 0.1) is 34.9 Å². The molecule has 0 N–H and O–H groups in total. The molecule has 2 fully saturated rings. The molecule has 2 aliphatic carbocycles. The van der Waals surface area contributed by atoms with Gasteiger partial charge in [-0.1, -0.05) is 70.1 Å². The molecule has 0 spiro atoms. The molecular weight excluding hydrogens is 381 g/mol. The number of nitriles is 1. The molecule has 0 heterocycles. The fraction of sp³-hybridized carbons (Fsp3) is 0.690. The van der Waals surface area contributed by atoms with E-state index in [9.17, 15) is 4.39 Å². The van der Waals surface area contributed by atoms with Crippen molar-refractivity contribution < 1.29 is 4.39 Å². The second-order valence-electron chi connectivity index (χ2n) is 10.2. The Morgan fingerprint density at radius 1 is 0.871 bits per heavy atom. The molecule has 0 atom stereocenters. The molecule has 3 rings (SSSR count). The van der Waals surface area contributed by atoms with Crippen LogP contribution in [-0.4, -0.2) is 0 Å². The zero-order valence-electron chi connectivity index (χ0n) is 19.6. The first kappa shape index (κ1) is 24.0. The molecule has 0 saturated heterocycles. The first-order chi connectivity index (χ1) is 15.2. The van der Waals surface area contributed by atoms with Gasteiger partial charge in [0.25, 0.3) is 0 Å². The SMILES string of the molecule is CCCCCCCC[C@H]1CC[C@H](C=C[C@H]2CC[C@H](c3ccc(C#N)c(F)c3)CC2)CC1. The summed E-state index contributed by atoms with van der Waals surface area (Å²) in [5.74, 6) is 2.56. The number of rotatable bonds is 10. The summed E-state index contributed by atoms with van der Waals surface area (Å²) in [5, 5.41) is 8.91. The van der Waals surface area contributed by atoms with E-state index in [0.29, 0.717) is 11.8 Å². The smallest absolute Gasteiger partial charge is 0.141 e. The molecule has 0 aromatic heterocycles. The Morgan fingerprint density at radius 2 is 1.48 bits per heavy atom. The van der Waals surface area contributed by atoms with E-state index in [-0.39, 0.29) is 11.4 Å². The first-order valence-electron chi connectivity index (χ1n) is 13.1. The fourth-order valence-corrected chi connectivity index (χ4v) is 5.72. The van der Waals surface area contributed by atoms with Crippen molar-refractivity contribution in [3.63, 3.8) is 0 Å². The van der Waals surface area contributed by atoms with Crippen LogP contribution in [-0.2, 0) is 0 Å². The van der Waals surface area contributed by atoms with Crippen molar-refractivity contribution in [1.82, 2.24) is 0 Å². The van der Waals surface area contributed by atoms with Gasteiger partial charge in [-0.3, -0.25) is 0 Å². The Labute approximate surface area is 190 Å². The average Bonchev–Trinajstić information content (AvgIpc) is 2.81. The van der Waals surface area contributed by atoms with E-state index in [1.165, 1.54) is 83.5 Å². The minimum absolute atomic E-state index is 0.155. The fourth-order valence-electron chi connectivity index (χ4n) is 5.72. The van der Waals surface area contributed by atoms with Crippen molar-refractivity contribution in [3.8, 4) is 6.07 Å². The molecule has 31 heavy (non-hydrogen) atoms. The van der Waals surface area contributed by atoms with Gasteiger partial charge in [0.15, 0.2) is 0 Å². The number of allylic oxidation sites excluding steroid dienone is 2. The van der Waals surface area contributed by atoms with Crippen LogP contribution < -0.4 is 0 Å². The van der Waals surface area contributed by atoms with Gasteiger partial charge in [-0.25, -0.2) is 4.39 Å². The van der Waals surface area contributed by atoms with Crippen molar-refractivity contribution >= 4 is 0 Å². The van der Waals surface area contributed by atoms with E-state index >= 15 is 0 Å². The van der Waals surface area contributed by atoms with Crippen LogP contribution >= 0.6 is 0 Å². The van der Waals surface area contributed by atoms with Crippen molar-refractivity contribution in [2.75, 3.05) is 0 Å². The molecule has 1 aromatic carbocycles. The van der Waals surface area contributed by atoms with E-state index in [4.69, 9.17) is 5.26 Å². The number of nitrogens with zero attached hydrogens (tertiary/aromatic N) is 1. The number of hydrogen-bond acceptors (Lipinski definition) is 1. The molecule has 1 aromatic rings. The standard InChI is InChI=1S/C29H42FN/c1-2-3-4-5-6-7-8-23-9-11-24(12-10-23)13-14-25-15-17-26(18-16-25)27-19-20-28(22-31)29(30)21-27/h13-14,19-21,23-26H,2-12,15-18H2,1H3/t23-,24-,25-,26-.